The molecule has 0 amide bonds. The van der Waals surface area contributed by atoms with E-state index in [1.54, 1.807) is 12.5 Å². The highest BCUT2D eigenvalue weighted by molar-refractivity contribution is 6.32. The molecule has 0 aliphatic heterocycles. The lowest BCUT2D eigenvalue weighted by atomic mass is 10.0. The molecular formula is C13H14Cl2N2. The lowest BCUT2D eigenvalue weighted by molar-refractivity contribution is 1.12. The van der Waals surface area contributed by atoms with Gasteiger partial charge >= 0.3 is 0 Å². The molecule has 0 spiro atoms. The predicted molar refractivity (Wildman–Crippen MR) is 75.4 cm³/mol. The molecule has 1 heterocycles. The zero-order chi connectivity index (χ0) is 11.4. The minimum atomic E-state index is 0. The maximum absolute atomic E-state index is 6.17. The number of hydrogen-bond acceptors (Lipinski definition) is 1. The molecule has 0 aliphatic rings. The van der Waals surface area contributed by atoms with E-state index in [1.807, 2.05) is 41.2 Å². The molecule has 0 atom stereocenters. The first-order valence-electron chi connectivity index (χ1n) is 5.24. The largest absolute Gasteiger partial charge is 0.313 e. The van der Waals surface area contributed by atoms with Crippen LogP contribution < -0.4 is 0 Å². The van der Waals surface area contributed by atoms with Gasteiger partial charge in [-0.1, -0.05) is 36.7 Å². The first kappa shape index (κ1) is 13.8. The first-order valence-corrected chi connectivity index (χ1v) is 5.62. The van der Waals surface area contributed by atoms with Crippen LogP contribution in [0.3, 0.4) is 0 Å². The number of nitrogens with zero attached hydrogens (tertiary/aromatic N) is 2. The smallest absolute Gasteiger partial charge is 0.0986 e. The van der Waals surface area contributed by atoms with Crippen molar-refractivity contribution in [3.8, 4) is 0 Å². The van der Waals surface area contributed by atoms with Crippen molar-refractivity contribution in [3.05, 3.63) is 53.6 Å². The Balaban J connectivity index is 0.00000144. The minimum absolute atomic E-state index is 0. The fraction of sp³-hybridized carbons (Fsp3) is 0.154. The van der Waals surface area contributed by atoms with Crippen LogP contribution in [-0.4, -0.2) is 9.55 Å². The van der Waals surface area contributed by atoms with Gasteiger partial charge in [0.2, 0.25) is 0 Å². The Morgan fingerprint density at radius 2 is 2.18 bits per heavy atom. The summed E-state index contributed by atoms with van der Waals surface area (Å²) in [5.41, 5.74) is 2.28. The second-order valence-electron chi connectivity index (χ2n) is 3.50. The van der Waals surface area contributed by atoms with Crippen molar-refractivity contribution < 1.29 is 0 Å². The van der Waals surface area contributed by atoms with Gasteiger partial charge in [0.15, 0.2) is 0 Å². The normalized spacial score (nSPS) is 11.1. The van der Waals surface area contributed by atoms with E-state index in [4.69, 9.17) is 11.6 Å². The van der Waals surface area contributed by atoms with E-state index in [0.29, 0.717) is 0 Å². The number of imidazole rings is 1. The summed E-state index contributed by atoms with van der Waals surface area (Å²) < 4.78 is 1.93. The molecule has 2 nitrogen and oxygen atoms in total. The second-order valence-corrected chi connectivity index (χ2v) is 3.90. The van der Waals surface area contributed by atoms with E-state index < -0.39 is 0 Å². The lowest BCUT2D eigenvalue weighted by Crippen LogP contribution is -1.88. The minimum Gasteiger partial charge on any atom is -0.313 e. The first-order chi connectivity index (χ1) is 7.81. The number of rotatable bonds is 3. The van der Waals surface area contributed by atoms with Gasteiger partial charge < -0.3 is 4.57 Å². The fourth-order valence-corrected chi connectivity index (χ4v) is 1.86. The fourth-order valence-electron chi connectivity index (χ4n) is 1.60. The highest BCUT2D eigenvalue weighted by atomic mass is 35.5. The van der Waals surface area contributed by atoms with E-state index in [1.165, 1.54) is 5.57 Å². The molecule has 0 radical (unpaired) electrons. The lowest BCUT2D eigenvalue weighted by Gasteiger charge is -2.07. The monoisotopic (exact) mass is 268 g/mol. The molecule has 0 aliphatic carbocycles. The quantitative estimate of drug-likeness (QED) is 0.809. The van der Waals surface area contributed by atoms with Gasteiger partial charge in [-0.2, -0.15) is 0 Å². The van der Waals surface area contributed by atoms with E-state index in [-0.39, 0.29) is 12.4 Å². The third-order valence-electron chi connectivity index (χ3n) is 2.43. The molecule has 0 saturated carbocycles. The Morgan fingerprint density at radius 3 is 2.76 bits per heavy atom. The van der Waals surface area contributed by atoms with Gasteiger partial charge in [-0.3, -0.25) is 0 Å². The average Bonchev–Trinajstić information content (AvgIpc) is 2.80. The Labute approximate surface area is 112 Å². The molecular weight excluding hydrogens is 255 g/mol. The van der Waals surface area contributed by atoms with Crippen molar-refractivity contribution >= 4 is 35.8 Å². The molecule has 0 unspecified atom stereocenters. The Morgan fingerprint density at radius 1 is 1.41 bits per heavy atom. The summed E-state index contributed by atoms with van der Waals surface area (Å²) >= 11 is 6.17. The van der Waals surface area contributed by atoms with E-state index in [0.717, 1.165) is 17.0 Å². The maximum Gasteiger partial charge on any atom is 0.0986 e. The van der Waals surface area contributed by atoms with Crippen molar-refractivity contribution in [1.82, 2.24) is 9.55 Å². The number of allylic oxidation sites excluding steroid dienone is 1. The summed E-state index contributed by atoms with van der Waals surface area (Å²) in [6, 6.07) is 7.89. The Kier molecular flexibility index (Phi) is 5.26. The maximum atomic E-state index is 6.17. The van der Waals surface area contributed by atoms with Crippen LogP contribution in [0.25, 0.3) is 11.8 Å². The van der Waals surface area contributed by atoms with Gasteiger partial charge in [-0.15, -0.1) is 12.4 Å². The van der Waals surface area contributed by atoms with Crippen LogP contribution in [0.1, 0.15) is 18.9 Å². The average molecular weight is 269 g/mol. The predicted octanol–water partition coefficient (Wildman–Crippen LogP) is 4.37. The van der Waals surface area contributed by atoms with E-state index >= 15 is 0 Å². The summed E-state index contributed by atoms with van der Waals surface area (Å²) in [5, 5.41) is 0.788. The van der Waals surface area contributed by atoms with Crippen LogP contribution in [0.4, 0.5) is 0 Å². The van der Waals surface area contributed by atoms with Crippen LogP contribution >= 0.6 is 24.0 Å². The molecule has 0 N–H and O–H groups in total. The molecule has 2 rings (SSSR count). The SMILES string of the molecule is CC/C(=C\n1ccnc1)c1ccccc1Cl.Cl. The number of benzene rings is 1. The highest BCUT2D eigenvalue weighted by Crippen LogP contribution is 2.26. The molecule has 0 fully saturated rings. The van der Waals surface area contributed by atoms with E-state index in [2.05, 4.69) is 11.9 Å². The molecule has 4 heteroatoms. The molecule has 1 aromatic heterocycles. The third kappa shape index (κ3) is 3.35. The summed E-state index contributed by atoms with van der Waals surface area (Å²) in [4.78, 5) is 4.01. The van der Waals surface area contributed by atoms with Crippen molar-refractivity contribution in [3.63, 3.8) is 0 Å². The van der Waals surface area contributed by atoms with Gasteiger partial charge in [-0.05, 0) is 23.6 Å². The summed E-state index contributed by atoms with van der Waals surface area (Å²) in [6.07, 6.45) is 8.42. The topological polar surface area (TPSA) is 17.8 Å². The number of hydrogen-bond donors (Lipinski definition) is 0. The molecule has 17 heavy (non-hydrogen) atoms. The number of halogens is 2. The summed E-state index contributed by atoms with van der Waals surface area (Å²) in [7, 11) is 0. The molecule has 90 valence electrons. The Bertz CT molecular complexity index is 490. The van der Waals surface area contributed by atoms with Crippen LogP contribution in [0.5, 0.6) is 0 Å². The molecule has 0 saturated heterocycles. The highest BCUT2D eigenvalue weighted by Gasteiger charge is 2.03. The standard InChI is InChI=1S/C13H13ClN2.ClH/c1-2-11(9-16-8-7-15-10-16)12-5-3-4-6-13(12)14;/h3-10H,2H2,1H3;1H/b11-9+;. The number of aromatic nitrogens is 2. The van der Waals surface area contributed by atoms with Gasteiger partial charge in [-0.25, -0.2) is 4.98 Å². The van der Waals surface area contributed by atoms with Crippen LogP contribution in [0, 0.1) is 0 Å². The summed E-state index contributed by atoms with van der Waals surface area (Å²) in [5.74, 6) is 0. The van der Waals surface area contributed by atoms with Crippen LogP contribution in [0.15, 0.2) is 43.0 Å². The molecule has 0 bridgehead atoms. The van der Waals surface area contributed by atoms with Gasteiger partial charge in [0.25, 0.3) is 0 Å². The summed E-state index contributed by atoms with van der Waals surface area (Å²) in [6.45, 7) is 2.12. The molecule has 1 aromatic carbocycles. The van der Waals surface area contributed by atoms with Crippen molar-refractivity contribution in [2.45, 2.75) is 13.3 Å². The van der Waals surface area contributed by atoms with Crippen LogP contribution in [0.2, 0.25) is 5.02 Å². The van der Waals surface area contributed by atoms with Crippen molar-refractivity contribution in [2.75, 3.05) is 0 Å². The third-order valence-corrected chi connectivity index (χ3v) is 2.76. The Hall–Kier alpha value is -1.25. The van der Waals surface area contributed by atoms with E-state index in [9.17, 15) is 0 Å². The van der Waals surface area contributed by atoms with Crippen molar-refractivity contribution in [1.29, 1.82) is 0 Å². The zero-order valence-electron chi connectivity index (χ0n) is 9.51. The van der Waals surface area contributed by atoms with Gasteiger partial charge in [0.05, 0.1) is 6.33 Å². The zero-order valence-corrected chi connectivity index (χ0v) is 11.1. The van der Waals surface area contributed by atoms with Crippen LogP contribution in [-0.2, 0) is 0 Å². The second kappa shape index (κ2) is 6.48. The van der Waals surface area contributed by atoms with Crippen molar-refractivity contribution in [2.24, 2.45) is 0 Å². The van der Waals surface area contributed by atoms with Gasteiger partial charge in [0, 0.05) is 23.6 Å². The molecule has 2 aromatic rings. The van der Waals surface area contributed by atoms with Gasteiger partial charge in [0.1, 0.15) is 0 Å².